The first-order valence-electron chi connectivity index (χ1n) is 15.6. The van der Waals surface area contributed by atoms with Gasteiger partial charge in [-0.1, -0.05) is 18.2 Å². The molecule has 3 aromatic carbocycles. The standard InChI is InChI=1S/C36H31NO12/c1-14(38)24-32(42)28(37(2)3)27-30(40)20-11-18-17(15-7-8-21-23(9-15)48-12-46-21)10-19(16-5-4-6-22-33(16)49-13-47-22)29(39)25(18)31(41)26(20)35(44)36(27,45)34(24)43/h4-10,20,27-28,30,39-41,43,45H,11-13H2,1-3H3/t20-,27-,28+,30+,36-/m1/s1. The van der Waals surface area contributed by atoms with Gasteiger partial charge in [-0.2, -0.15) is 0 Å². The Morgan fingerprint density at radius 1 is 0.898 bits per heavy atom. The minimum Gasteiger partial charge on any atom is -0.508 e. The van der Waals surface area contributed by atoms with Gasteiger partial charge in [0.15, 0.2) is 40.2 Å². The maximum atomic E-state index is 14.5. The van der Waals surface area contributed by atoms with Crippen molar-refractivity contribution in [2.24, 2.45) is 11.8 Å². The Kier molecular flexibility index (Phi) is 6.67. The Hall–Kier alpha value is -5.37. The van der Waals surface area contributed by atoms with Crippen molar-refractivity contribution in [2.45, 2.75) is 31.1 Å². The van der Waals surface area contributed by atoms with Crippen LogP contribution in [-0.2, 0) is 20.8 Å². The lowest BCUT2D eigenvalue weighted by Gasteiger charge is -2.52. The molecule has 5 N–H and O–H groups in total. The number of para-hydroxylation sites is 1. The number of hydrogen-bond acceptors (Lipinski definition) is 13. The predicted molar refractivity (Wildman–Crippen MR) is 170 cm³/mol. The number of rotatable bonds is 4. The van der Waals surface area contributed by atoms with E-state index in [1.165, 1.54) is 19.0 Å². The third-order valence-electron chi connectivity index (χ3n) is 10.3. The zero-order valence-corrected chi connectivity index (χ0v) is 26.5. The van der Waals surface area contributed by atoms with Crippen LogP contribution in [0.2, 0.25) is 0 Å². The molecule has 2 aliphatic heterocycles. The van der Waals surface area contributed by atoms with E-state index in [-0.39, 0.29) is 31.1 Å². The van der Waals surface area contributed by atoms with Crippen molar-refractivity contribution in [1.29, 1.82) is 0 Å². The molecule has 0 spiro atoms. The minimum absolute atomic E-state index is 0.0250. The normalized spacial score (nSPS) is 26.6. The van der Waals surface area contributed by atoms with Gasteiger partial charge in [0.1, 0.15) is 22.8 Å². The second-order valence-electron chi connectivity index (χ2n) is 13.0. The summed E-state index contributed by atoms with van der Waals surface area (Å²) in [5.74, 6) is -6.29. The Morgan fingerprint density at radius 3 is 2.35 bits per heavy atom. The molecule has 0 saturated heterocycles. The average molecular weight is 670 g/mol. The summed E-state index contributed by atoms with van der Waals surface area (Å²) >= 11 is 0. The van der Waals surface area contributed by atoms with Gasteiger partial charge in [0.05, 0.1) is 23.6 Å². The number of hydrogen-bond donors (Lipinski definition) is 5. The van der Waals surface area contributed by atoms with Crippen molar-refractivity contribution >= 4 is 23.1 Å². The molecular weight excluding hydrogens is 638 g/mol. The van der Waals surface area contributed by atoms with Crippen LogP contribution in [0.25, 0.3) is 28.0 Å². The number of ketones is 3. The molecule has 3 aromatic rings. The summed E-state index contributed by atoms with van der Waals surface area (Å²) in [5.41, 5.74) is -2.18. The monoisotopic (exact) mass is 669 g/mol. The van der Waals surface area contributed by atoms with Crippen LogP contribution < -0.4 is 18.9 Å². The average Bonchev–Trinajstić information content (AvgIpc) is 3.74. The van der Waals surface area contributed by atoms with E-state index in [0.717, 1.165) is 6.92 Å². The lowest BCUT2D eigenvalue weighted by atomic mass is 9.55. The molecule has 1 fully saturated rings. The molecule has 5 aliphatic rings. The van der Waals surface area contributed by atoms with Crippen molar-refractivity contribution in [3.8, 4) is 51.0 Å². The number of nitrogens with zero attached hydrogens (tertiary/aromatic N) is 1. The van der Waals surface area contributed by atoms with E-state index < -0.39 is 75.3 Å². The Morgan fingerprint density at radius 2 is 1.61 bits per heavy atom. The molecule has 2 heterocycles. The summed E-state index contributed by atoms with van der Waals surface area (Å²) in [6.07, 6.45) is -1.81. The lowest BCUT2D eigenvalue weighted by Crippen LogP contribution is -2.70. The molecule has 13 heteroatoms. The van der Waals surface area contributed by atoms with Gasteiger partial charge in [0.2, 0.25) is 19.4 Å². The summed E-state index contributed by atoms with van der Waals surface area (Å²) in [6.45, 7) is 0.995. The highest BCUT2D eigenvalue weighted by atomic mass is 16.7. The number of benzene rings is 3. The molecule has 0 aromatic heterocycles. The first-order valence-corrected chi connectivity index (χ1v) is 15.6. The fourth-order valence-electron chi connectivity index (χ4n) is 8.10. The fraction of sp³-hybridized carbons (Fsp3) is 0.306. The molecule has 3 aliphatic carbocycles. The number of Topliss-reactive ketones (excluding diaryl/α,β-unsaturated/α-hetero) is 3. The maximum absolute atomic E-state index is 14.5. The van der Waals surface area contributed by atoms with E-state index in [4.69, 9.17) is 18.9 Å². The number of carbonyl (C=O) groups excluding carboxylic acids is 3. The lowest BCUT2D eigenvalue weighted by molar-refractivity contribution is -0.168. The van der Waals surface area contributed by atoms with Crippen LogP contribution in [0, 0.1) is 11.8 Å². The van der Waals surface area contributed by atoms with Crippen LogP contribution in [0.1, 0.15) is 18.1 Å². The van der Waals surface area contributed by atoms with E-state index >= 15 is 0 Å². The molecule has 1 saturated carbocycles. The first-order chi connectivity index (χ1) is 23.4. The summed E-state index contributed by atoms with van der Waals surface area (Å²) in [5, 5.41) is 59.3. The fourth-order valence-corrected chi connectivity index (χ4v) is 8.10. The highest BCUT2D eigenvalue weighted by molar-refractivity contribution is 6.25. The summed E-state index contributed by atoms with van der Waals surface area (Å²) < 4.78 is 22.4. The number of phenols is 1. The summed E-state index contributed by atoms with van der Waals surface area (Å²) in [4.78, 5) is 42.0. The largest absolute Gasteiger partial charge is 0.508 e. The first kappa shape index (κ1) is 30.9. The number of aromatic hydroxyl groups is 1. The van der Waals surface area contributed by atoms with Crippen LogP contribution in [0.5, 0.6) is 28.7 Å². The number of aliphatic hydroxyl groups is 4. The molecule has 252 valence electrons. The van der Waals surface area contributed by atoms with Crippen molar-refractivity contribution in [1.82, 2.24) is 4.90 Å². The molecule has 5 atom stereocenters. The van der Waals surface area contributed by atoms with Gasteiger partial charge in [-0.05, 0) is 68.4 Å². The molecule has 0 radical (unpaired) electrons. The molecule has 0 bridgehead atoms. The molecule has 13 nitrogen and oxygen atoms in total. The summed E-state index contributed by atoms with van der Waals surface area (Å²) in [6, 6.07) is 10.7. The third-order valence-corrected chi connectivity index (χ3v) is 10.3. The van der Waals surface area contributed by atoms with Crippen LogP contribution in [-0.4, -0.2) is 93.2 Å². The highest BCUT2D eigenvalue weighted by Gasteiger charge is 2.67. The van der Waals surface area contributed by atoms with Gasteiger partial charge in [0, 0.05) is 22.6 Å². The topological polar surface area (TPSA) is 193 Å². The number of phenolic OH excluding ortho intramolecular Hbond substituents is 1. The van der Waals surface area contributed by atoms with E-state index in [1.807, 2.05) is 0 Å². The van der Waals surface area contributed by atoms with Crippen LogP contribution in [0.3, 0.4) is 0 Å². The van der Waals surface area contributed by atoms with Gasteiger partial charge >= 0.3 is 0 Å². The molecule has 0 amide bonds. The van der Waals surface area contributed by atoms with Gasteiger partial charge in [0.25, 0.3) is 0 Å². The van der Waals surface area contributed by atoms with E-state index in [2.05, 4.69) is 0 Å². The smallest absolute Gasteiger partial charge is 0.231 e. The number of aliphatic hydroxyl groups excluding tert-OH is 3. The van der Waals surface area contributed by atoms with E-state index in [1.54, 1.807) is 42.5 Å². The Bertz CT molecular complexity index is 2100. The van der Waals surface area contributed by atoms with Crippen LogP contribution >= 0.6 is 0 Å². The zero-order chi connectivity index (χ0) is 34.7. The Labute approximate surface area is 278 Å². The van der Waals surface area contributed by atoms with Gasteiger partial charge in [-0.25, -0.2) is 0 Å². The van der Waals surface area contributed by atoms with Crippen LogP contribution in [0.4, 0.5) is 0 Å². The van der Waals surface area contributed by atoms with Crippen molar-refractivity contribution in [3.63, 3.8) is 0 Å². The quantitative estimate of drug-likeness (QED) is 0.255. The second-order valence-corrected chi connectivity index (χ2v) is 13.0. The van der Waals surface area contributed by atoms with Gasteiger partial charge < -0.3 is 44.5 Å². The van der Waals surface area contributed by atoms with E-state index in [0.29, 0.717) is 45.3 Å². The molecule has 49 heavy (non-hydrogen) atoms. The predicted octanol–water partition coefficient (Wildman–Crippen LogP) is 2.83. The maximum Gasteiger partial charge on any atom is 0.231 e. The Balaban J connectivity index is 1.40. The van der Waals surface area contributed by atoms with Crippen molar-refractivity contribution < 1.29 is 58.9 Å². The SMILES string of the molecule is CC(=O)C1=C(O)[C@@]2(O)C(=O)C3=C(O)c4c(O)c(-c5cccc6c5OCO6)cc(-c5ccc6c(c5)OCO6)c4C[C@H]3[C@H](O)[C@H]2[C@H](N(C)C)C1=O. The number of likely N-dealkylation sites (N-methyl/N-ethyl adjacent to an activating group) is 1. The minimum atomic E-state index is -2.95. The van der Waals surface area contributed by atoms with Gasteiger partial charge in [-0.15, -0.1) is 0 Å². The molecular formula is C36H31NO12. The molecule has 0 unspecified atom stereocenters. The van der Waals surface area contributed by atoms with Gasteiger partial charge in [-0.3, -0.25) is 19.3 Å². The highest BCUT2D eigenvalue weighted by Crippen LogP contribution is 2.56. The number of fused-ring (bicyclic) bond motifs is 5. The molecule has 8 rings (SSSR count). The van der Waals surface area contributed by atoms with Crippen molar-refractivity contribution in [3.05, 3.63) is 70.5 Å². The van der Waals surface area contributed by atoms with Crippen LogP contribution in [0.15, 0.2) is 59.4 Å². The second kappa shape index (κ2) is 10.6. The third kappa shape index (κ3) is 4.06. The number of ether oxygens (including phenoxy) is 4. The van der Waals surface area contributed by atoms with E-state index in [9.17, 15) is 39.9 Å². The zero-order valence-electron chi connectivity index (χ0n) is 26.5. The summed E-state index contributed by atoms with van der Waals surface area (Å²) in [7, 11) is 2.98. The number of carbonyl (C=O) groups is 3. The van der Waals surface area contributed by atoms with Crippen molar-refractivity contribution in [2.75, 3.05) is 27.7 Å².